The quantitative estimate of drug-likeness (QED) is 0.622. The topological polar surface area (TPSA) is 47.3 Å². The van der Waals surface area contributed by atoms with Crippen molar-refractivity contribution in [2.45, 2.75) is 45.6 Å². The van der Waals surface area contributed by atoms with E-state index in [9.17, 15) is 0 Å². The van der Waals surface area contributed by atoms with Crippen LogP contribution in [0.5, 0.6) is 5.75 Å². The van der Waals surface area contributed by atoms with Crippen LogP contribution in [0, 0.1) is 19.8 Å². The molecule has 0 saturated heterocycles. The summed E-state index contributed by atoms with van der Waals surface area (Å²) in [6.07, 6.45) is 5.15. The Balaban J connectivity index is 2.27. The minimum atomic E-state index is 0.200. The molecule has 0 heterocycles. The van der Waals surface area contributed by atoms with Gasteiger partial charge in [-0.2, -0.15) is 0 Å². The van der Waals surface area contributed by atoms with Gasteiger partial charge in [0.15, 0.2) is 0 Å². The highest BCUT2D eigenvalue weighted by atomic mass is 16.5. The first kappa shape index (κ1) is 13.4. The van der Waals surface area contributed by atoms with Gasteiger partial charge in [0.1, 0.15) is 5.75 Å². The predicted octanol–water partition coefficient (Wildman–Crippen LogP) is 3.01. The minimum Gasteiger partial charge on any atom is -0.496 e. The molecule has 3 N–H and O–H groups in total. The summed E-state index contributed by atoms with van der Waals surface area (Å²) < 4.78 is 5.53. The molecule has 3 heteroatoms. The van der Waals surface area contributed by atoms with E-state index >= 15 is 0 Å². The zero-order valence-corrected chi connectivity index (χ0v) is 11.6. The van der Waals surface area contributed by atoms with Gasteiger partial charge in [-0.05, 0) is 43.4 Å². The second kappa shape index (κ2) is 5.72. The number of benzene rings is 1. The Hall–Kier alpha value is -1.06. The fourth-order valence-corrected chi connectivity index (χ4v) is 2.89. The number of nitrogens with two attached hydrogens (primary N) is 1. The lowest BCUT2D eigenvalue weighted by atomic mass is 9.79. The summed E-state index contributed by atoms with van der Waals surface area (Å²) in [5.41, 5.74) is 6.68. The van der Waals surface area contributed by atoms with Crippen LogP contribution in [-0.2, 0) is 0 Å². The number of rotatable bonds is 5. The number of nitrogens with one attached hydrogen (secondary N) is 1. The third kappa shape index (κ3) is 2.68. The molecule has 1 atom stereocenters. The molecular formula is C15H24N2O. The highest BCUT2D eigenvalue weighted by Crippen LogP contribution is 2.38. The normalized spacial score (nSPS) is 17.3. The fourth-order valence-electron chi connectivity index (χ4n) is 2.89. The first-order valence-corrected chi connectivity index (χ1v) is 6.77. The highest BCUT2D eigenvalue weighted by Gasteiger charge is 2.25. The lowest BCUT2D eigenvalue weighted by Crippen LogP contribution is -2.32. The van der Waals surface area contributed by atoms with Crippen molar-refractivity contribution in [2.24, 2.45) is 11.8 Å². The number of ether oxygens (including phenoxy) is 1. The maximum absolute atomic E-state index is 5.76. The summed E-state index contributed by atoms with van der Waals surface area (Å²) in [5, 5.41) is 0. The predicted molar refractivity (Wildman–Crippen MR) is 74.5 cm³/mol. The van der Waals surface area contributed by atoms with Crippen LogP contribution in [-0.4, -0.2) is 7.11 Å². The molecule has 1 saturated carbocycles. The van der Waals surface area contributed by atoms with E-state index in [1.165, 1.54) is 36.0 Å². The third-order valence-corrected chi connectivity index (χ3v) is 4.06. The maximum atomic E-state index is 5.76. The van der Waals surface area contributed by atoms with Gasteiger partial charge in [-0.1, -0.05) is 25.3 Å². The van der Waals surface area contributed by atoms with Gasteiger partial charge in [0.05, 0.1) is 13.2 Å². The Labute approximate surface area is 110 Å². The van der Waals surface area contributed by atoms with Crippen LogP contribution in [0.4, 0.5) is 0 Å². The van der Waals surface area contributed by atoms with E-state index in [0.717, 1.165) is 18.1 Å². The van der Waals surface area contributed by atoms with Gasteiger partial charge < -0.3 is 4.74 Å². The number of hydrogen-bond acceptors (Lipinski definition) is 3. The average molecular weight is 248 g/mol. The molecule has 3 nitrogen and oxygen atoms in total. The van der Waals surface area contributed by atoms with E-state index in [1.807, 2.05) is 0 Å². The van der Waals surface area contributed by atoms with Crippen LogP contribution < -0.4 is 16.0 Å². The summed E-state index contributed by atoms with van der Waals surface area (Å²) in [6, 6.07) is 4.49. The molecule has 18 heavy (non-hydrogen) atoms. The van der Waals surface area contributed by atoms with E-state index in [2.05, 4.69) is 31.4 Å². The van der Waals surface area contributed by atoms with Crippen LogP contribution in [0.25, 0.3) is 0 Å². The zero-order chi connectivity index (χ0) is 13.1. The first-order chi connectivity index (χ1) is 8.65. The van der Waals surface area contributed by atoms with E-state index in [0.29, 0.717) is 0 Å². The Morgan fingerprint density at radius 1 is 1.39 bits per heavy atom. The van der Waals surface area contributed by atoms with E-state index in [4.69, 9.17) is 10.6 Å². The fraction of sp³-hybridized carbons (Fsp3) is 0.600. The smallest absolute Gasteiger partial charge is 0.124 e. The molecule has 1 aliphatic rings. The lowest BCUT2D eigenvalue weighted by molar-refractivity contribution is 0.258. The van der Waals surface area contributed by atoms with Gasteiger partial charge >= 0.3 is 0 Å². The second-order valence-corrected chi connectivity index (χ2v) is 5.45. The summed E-state index contributed by atoms with van der Waals surface area (Å²) in [4.78, 5) is 0. The van der Waals surface area contributed by atoms with Gasteiger partial charge in [-0.25, -0.2) is 0 Å². The van der Waals surface area contributed by atoms with Crippen molar-refractivity contribution in [3.8, 4) is 5.75 Å². The molecule has 1 aromatic carbocycles. The van der Waals surface area contributed by atoms with Gasteiger partial charge in [0, 0.05) is 5.56 Å². The SMILES string of the molecule is COc1cc(C)cc(C)c1C(CC1CCC1)NN. The van der Waals surface area contributed by atoms with E-state index < -0.39 is 0 Å². The van der Waals surface area contributed by atoms with E-state index in [-0.39, 0.29) is 6.04 Å². The van der Waals surface area contributed by atoms with Crippen molar-refractivity contribution in [2.75, 3.05) is 7.11 Å². The summed E-state index contributed by atoms with van der Waals surface area (Å²) in [6.45, 7) is 4.23. The molecule has 0 bridgehead atoms. The summed E-state index contributed by atoms with van der Waals surface area (Å²) in [7, 11) is 1.73. The Morgan fingerprint density at radius 3 is 2.61 bits per heavy atom. The number of aryl methyl sites for hydroxylation is 2. The standard InChI is InChI=1S/C15H24N2O/c1-10-7-11(2)15(14(8-10)18-3)13(17-16)9-12-5-4-6-12/h7-8,12-13,17H,4-6,9,16H2,1-3H3. The number of hydrazine groups is 1. The molecule has 0 spiro atoms. The molecule has 2 rings (SSSR count). The van der Waals surface area contributed by atoms with Crippen LogP contribution in [0.1, 0.15) is 48.4 Å². The third-order valence-electron chi connectivity index (χ3n) is 4.06. The van der Waals surface area contributed by atoms with Crippen molar-refractivity contribution in [3.63, 3.8) is 0 Å². The minimum absolute atomic E-state index is 0.200. The summed E-state index contributed by atoms with van der Waals surface area (Å²) in [5.74, 6) is 7.53. The molecular weight excluding hydrogens is 224 g/mol. The van der Waals surface area contributed by atoms with Crippen molar-refractivity contribution < 1.29 is 4.74 Å². The van der Waals surface area contributed by atoms with E-state index in [1.54, 1.807) is 7.11 Å². The molecule has 0 amide bonds. The Morgan fingerprint density at radius 2 is 2.11 bits per heavy atom. The molecule has 0 aliphatic heterocycles. The van der Waals surface area contributed by atoms with Gasteiger partial charge in [-0.15, -0.1) is 0 Å². The van der Waals surface area contributed by atoms with Crippen LogP contribution in [0.3, 0.4) is 0 Å². The molecule has 100 valence electrons. The second-order valence-electron chi connectivity index (χ2n) is 5.45. The van der Waals surface area contributed by atoms with Crippen LogP contribution in [0.15, 0.2) is 12.1 Å². The first-order valence-electron chi connectivity index (χ1n) is 6.77. The molecule has 1 aliphatic carbocycles. The molecule has 1 fully saturated rings. The van der Waals surface area contributed by atoms with Crippen molar-refractivity contribution in [1.82, 2.24) is 5.43 Å². The maximum Gasteiger partial charge on any atom is 0.124 e. The van der Waals surface area contributed by atoms with Crippen molar-refractivity contribution >= 4 is 0 Å². The van der Waals surface area contributed by atoms with Crippen LogP contribution >= 0.6 is 0 Å². The number of methoxy groups -OCH3 is 1. The lowest BCUT2D eigenvalue weighted by Gasteiger charge is -2.31. The molecule has 0 radical (unpaired) electrons. The van der Waals surface area contributed by atoms with Crippen LogP contribution in [0.2, 0.25) is 0 Å². The molecule has 1 unspecified atom stereocenters. The zero-order valence-electron chi connectivity index (χ0n) is 11.6. The van der Waals surface area contributed by atoms with Gasteiger partial charge in [0.2, 0.25) is 0 Å². The highest BCUT2D eigenvalue weighted by molar-refractivity contribution is 5.45. The van der Waals surface area contributed by atoms with Gasteiger partial charge in [0.25, 0.3) is 0 Å². The average Bonchev–Trinajstić information content (AvgIpc) is 2.28. The molecule has 1 aromatic rings. The number of hydrogen-bond donors (Lipinski definition) is 2. The Kier molecular flexibility index (Phi) is 4.25. The summed E-state index contributed by atoms with van der Waals surface area (Å²) >= 11 is 0. The van der Waals surface area contributed by atoms with Crippen molar-refractivity contribution in [1.29, 1.82) is 0 Å². The largest absolute Gasteiger partial charge is 0.496 e. The van der Waals surface area contributed by atoms with Gasteiger partial charge in [-0.3, -0.25) is 11.3 Å². The monoisotopic (exact) mass is 248 g/mol. The Bertz CT molecular complexity index is 413. The van der Waals surface area contributed by atoms with Crippen molar-refractivity contribution in [3.05, 3.63) is 28.8 Å². The molecule has 0 aromatic heterocycles.